The largest absolute Gasteiger partial charge is 0.322 e. The van der Waals surface area contributed by atoms with E-state index in [0.29, 0.717) is 23.9 Å². The van der Waals surface area contributed by atoms with Crippen molar-refractivity contribution in [2.75, 3.05) is 11.9 Å². The number of benzene rings is 2. The minimum atomic E-state index is -0.119. The number of pyridine rings is 1. The Kier molecular flexibility index (Phi) is 6.36. The van der Waals surface area contributed by atoms with Gasteiger partial charge in [0, 0.05) is 19.3 Å². The monoisotopic (exact) mass is 365 g/mol. The van der Waals surface area contributed by atoms with Gasteiger partial charge in [-0.3, -0.25) is 9.69 Å². The van der Waals surface area contributed by atoms with Crippen LogP contribution in [-0.4, -0.2) is 22.3 Å². The van der Waals surface area contributed by atoms with Crippen molar-refractivity contribution in [2.24, 2.45) is 0 Å². The smallest absolute Gasteiger partial charge is 0.238 e. The van der Waals surface area contributed by atoms with Crippen LogP contribution in [0.15, 0.2) is 79.0 Å². The summed E-state index contributed by atoms with van der Waals surface area (Å²) in [4.78, 5) is 18.6. The zero-order valence-corrected chi connectivity index (χ0v) is 15.1. The van der Waals surface area contributed by atoms with Crippen molar-refractivity contribution in [3.63, 3.8) is 0 Å². The van der Waals surface area contributed by atoms with Crippen LogP contribution in [0.4, 0.5) is 5.69 Å². The normalized spacial score (nSPS) is 10.7. The molecule has 0 unspecified atom stereocenters. The Labute approximate surface area is 158 Å². The van der Waals surface area contributed by atoms with E-state index < -0.39 is 0 Å². The second-order valence-corrected chi connectivity index (χ2v) is 6.36. The van der Waals surface area contributed by atoms with Crippen molar-refractivity contribution in [2.45, 2.75) is 13.1 Å². The Hall–Kier alpha value is -2.69. The first-order valence-electron chi connectivity index (χ1n) is 8.41. The minimum absolute atomic E-state index is 0.119. The maximum absolute atomic E-state index is 12.5. The molecule has 1 heterocycles. The number of hydrogen-bond donors (Lipinski definition) is 1. The molecule has 0 spiro atoms. The molecule has 2 aromatic carbocycles. The highest BCUT2D eigenvalue weighted by molar-refractivity contribution is 6.32. The van der Waals surface area contributed by atoms with Gasteiger partial charge in [0.05, 0.1) is 12.2 Å². The lowest BCUT2D eigenvalue weighted by molar-refractivity contribution is -0.117. The van der Waals surface area contributed by atoms with E-state index in [2.05, 4.69) is 39.5 Å². The lowest BCUT2D eigenvalue weighted by Gasteiger charge is -2.22. The Morgan fingerprint density at radius 2 is 1.46 bits per heavy atom. The number of hydrogen-bond acceptors (Lipinski definition) is 3. The van der Waals surface area contributed by atoms with Crippen molar-refractivity contribution in [3.8, 4) is 0 Å². The van der Waals surface area contributed by atoms with Crippen LogP contribution in [0.1, 0.15) is 11.1 Å². The van der Waals surface area contributed by atoms with E-state index in [4.69, 9.17) is 11.6 Å². The molecule has 1 N–H and O–H groups in total. The third-order valence-corrected chi connectivity index (χ3v) is 4.20. The summed E-state index contributed by atoms with van der Waals surface area (Å²) in [7, 11) is 0. The zero-order chi connectivity index (χ0) is 18.2. The van der Waals surface area contributed by atoms with E-state index in [0.717, 1.165) is 11.1 Å². The molecule has 3 aromatic rings. The summed E-state index contributed by atoms with van der Waals surface area (Å²) in [5.41, 5.74) is 2.85. The summed E-state index contributed by atoms with van der Waals surface area (Å²) in [5.74, 6) is -0.119. The molecule has 0 atom stereocenters. The van der Waals surface area contributed by atoms with Crippen molar-refractivity contribution in [3.05, 3.63) is 95.3 Å². The zero-order valence-electron chi connectivity index (χ0n) is 14.3. The molecule has 3 rings (SSSR count). The third-order valence-electron chi connectivity index (χ3n) is 3.90. The number of anilines is 1. The summed E-state index contributed by atoms with van der Waals surface area (Å²) in [5, 5.41) is 3.13. The predicted octanol–water partition coefficient (Wildman–Crippen LogP) is 4.38. The van der Waals surface area contributed by atoms with Gasteiger partial charge in [-0.2, -0.15) is 0 Å². The molecule has 0 saturated heterocycles. The van der Waals surface area contributed by atoms with Gasteiger partial charge in [-0.05, 0) is 23.3 Å². The highest BCUT2D eigenvalue weighted by Crippen LogP contribution is 2.17. The summed E-state index contributed by atoms with van der Waals surface area (Å²) in [6.07, 6.45) is 1.59. The molecule has 1 aromatic heterocycles. The van der Waals surface area contributed by atoms with Gasteiger partial charge >= 0.3 is 0 Å². The molecule has 0 aliphatic heterocycles. The molecule has 0 bridgehead atoms. The summed E-state index contributed by atoms with van der Waals surface area (Å²) in [6, 6.07) is 23.7. The first-order valence-corrected chi connectivity index (χ1v) is 8.79. The number of aromatic nitrogens is 1. The Balaban J connectivity index is 1.70. The highest BCUT2D eigenvalue weighted by atomic mass is 35.5. The van der Waals surface area contributed by atoms with Crippen LogP contribution in [0.5, 0.6) is 0 Å². The van der Waals surface area contributed by atoms with E-state index in [9.17, 15) is 4.79 Å². The third kappa shape index (κ3) is 5.41. The SMILES string of the molecule is O=C(CN(Cc1ccccc1)Cc1ccccc1)Nc1cccnc1Cl. The van der Waals surface area contributed by atoms with E-state index in [1.807, 2.05) is 36.4 Å². The Bertz CT molecular complexity index is 799. The molecule has 0 aliphatic carbocycles. The van der Waals surface area contributed by atoms with E-state index in [1.54, 1.807) is 18.3 Å². The Morgan fingerprint density at radius 3 is 2.00 bits per heavy atom. The number of carbonyl (C=O) groups is 1. The first-order chi connectivity index (χ1) is 12.7. The van der Waals surface area contributed by atoms with Gasteiger partial charge in [-0.15, -0.1) is 0 Å². The van der Waals surface area contributed by atoms with Crippen LogP contribution in [0.25, 0.3) is 0 Å². The van der Waals surface area contributed by atoms with Gasteiger partial charge in [-0.25, -0.2) is 4.98 Å². The predicted molar refractivity (Wildman–Crippen MR) is 105 cm³/mol. The highest BCUT2D eigenvalue weighted by Gasteiger charge is 2.13. The number of carbonyl (C=O) groups excluding carboxylic acids is 1. The van der Waals surface area contributed by atoms with Crippen LogP contribution in [0.2, 0.25) is 5.15 Å². The number of nitrogens with zero attached hydrogens (tertiary/aromatic N) is 2. The van der Waals surface area contributed by atoms with Gasteiger partial charge in [0.25, 0.3) is 0 Å². The van der Waals surface area contributed by atoms with Crippen LogP contribution in [0.3, 0.4) is 0 Å². The Morgan fingerprint density at radius 1 is 0.885 bits per heavy atom. The second kappa shape index (κ2) is 9.13. The van der Waals surface area contributed by atoms with Crippen LogP contribution >= 0.6 is 11.6 Å². The molecule has 5 heteroatoms. The number of nitrogens with one attached hydrogen (secondary N) is 1. The fraction of sp³-hybridized carbons (Fsp3) is 0.143. The molecule has 4 nitrogen and oxygen atoms in total. The lowest BCUT2D eigenvalue weighted by Crippen LogP contribution is -2.32. The molecular weight excluding hydrogens is 346 g/mol. The summed E-state index contributed by atoms with van der Waals surface area (Å²) < 4.78 is 0. The fourth-order valence-electron chi connectivity index (χ4n) is 2.72. The lowest BCUT2D eigenvalue weighted by atomic mass is 10.1. The first kappa shape index (κ1) is 18.1. The van der Waals surface area contributed by atoms with E-state index in [-0.39, 0.29) is 12.5 Å². The maximum Gasteiger partial charge on any atom is 0.238 e. The molecule has 0 fully saturated rings. The second-order valence-electron chi connectivity index (χ2n) is 6.01. The molecule has 0 saturated carbocycles. The van der Waals surface area contributed by atoms with Gasteiger partial charge in [0.15, 0.2) is 5.15 Å². The topological polar surface area (TPSA) is 45.2 Å². The minimum Gasteiger partial charge on any atom is -0.322 e. The van der Waals surface area contributed by atoms with Gasteiger partial charge < -0.3 is 5.32 Å². The molecule has 1 amide bonds. The number of rotatable bonds is 7. The van der Waals surface area contributed by atoms with Crippen molar-refractivity contribution >= 4 is 23.2 Å². The van der Waals surface area contributed by atoms with Gasteiger partial charge in [0.1, 0.15) is 0 Å². The molecular formula is C21H20ClN3O. The molecule has 132 valence electrons. The molecule has 0 radical (unpaired) electrons. The average molecular weight is 366 g/mol. The fourth-order valence-corrected chi connectivity index (χ4v) is 2.89. The molecule has 26 heavy (non-hydrogen) atoms. The average Bonchev–Trinajstić information content (AvgIpc) is 2.65. The quantitative estimate of drug-likeness (QED) is 0.632. The van der Waals surface area contributed by atoms with E-state index >= 15 is 0 Å². The van der Waals surface area contributed by atoms with Crippen LogP contribution in [0, 0.1) is 0 Å². The maximum atomic E-state index is 12.5. The summed E-state index contributed by atoms with van der Waals surface area (Å²) >= 11 is 6.02. The van der Waals surface area contributed by atoms with Gasteiger partial charge in [-0.1, -0.05) is 72.3 Å². The van der Waals surface area contributed by atoms with Crippen LogP contribution < -0.4 is 5.32 Å². The van der Waals surface area contributed by atoms with Crippen molar-refractivity contribution in [1.29, 1.82) is 0 Å². The van der Waals surface area contributed by atoms with E-state index in [1.165, 1.54) is 0 Å². The van der Waals surface area contributed by atoms with Crippen LogP contribution in [-0.2, 0) is 17.9 Å². The number of halogens is 1. The standard InChI is InChI=1S/C21H20ClN3O/c22-21-19(12-7-13-23-21)24-20(26)16-25(14-17-8-3-1-4-9-17)15-18-10-5-2-6-11-18/h1-13H,14-16H2,(H,24,26). The van der Waals surface area contributed by atoms with Crippen molar-refractivity contribution < 1.29 is 4.79 Å². The van der Waals surface area contributed by atoms with Crippen molar-refractivity contribution in [1.82, 2.24) is 9.88 Å². The molecule has 0 aliphatic rings. The summed E-state index contributed by atoms with van der Waals surface area (Å²) in [6.45, 7) is 1.63. The van der Waals surface area contributed by atoms with Gasteiger partial charge in [0.2, 0.25) is 5.91 Å². The number of amides is 1.